The summed E-state index contributed by atoms with van der Waals surface area (Å²) in [6, 6.07) is 5.59. The largest absolute Gasteiger partial charge is 0.481 e. The van der Waals surface area contributed by atoms with Crippen molar-refractivity contribution in [2.24, 2.45) is 11.8 Å². The van der Waals surface area contributed by atoms with E-state index in [9.17, 15) is 4.79 Å². The lowest BCUT2D eigenvalue weighted by Gasteiger charge is -2.16. The minimum Gasteiger partial charge on any atom is -0.481 e. The quantitative estimate of drug-likeness (QED) is 0.796. The van der Waals surface area contributed by atoms with E-state index in [2.05, 4.69) is 11.9 Å². The fraction of sp³-hybridized carbons (Fsp3) is 0.538. The van der Waals surface area contributed by atoms with Crippen LogP contribution >= 0.6 is 0 Å². The van der Waals surface area contributed by atoms with Gasteiger partial charge >= 0.3 is 0 Å². The molecule has 0 aromatic carbocycles. The highest BCUT2D eigenvalue weighted by atomic mass is 16.5. The normalized spacial score (nSPS) is 22.1. The fourth-order valence-electron chi connectivity index (χ4n) is 1.93. The number of rotatable bonds is 4. The van der Waals surface area contributed by atoms with Gasteiger partial charge in [-0.2, -0.15) is 0 Å². The molecule has 1 aliphatic carbocycles. The molecular formula is C13H18N2O2. The zero-order valence-electron chi connectivity index (χ0n) is 10.5. The van der Waals surface area contributed by atoms with E-state index in [0.717, 1.165) is 12.1 Å². The van der Waals surface area contributed by atoms with Gasteiger partial charge in [0.2, 0.25) is 11.8 Å². The van der Waals surface area contributed by atoms with Gasteiger partial charge in [0, 0.05) is 19.0 Å². The average molecular weight is 234 g/mol. The number of aromatic nitrogens is 1. The number of pyridine rings is 1. The van der Waals surface area contributed by atoms with E-state index in [1.165, 1.54) is 0 Å². The first kappa shape index (κ1) is 11.9. The summed E-state index contributed by atoms with van der Waals surface area (Å²) in [5.74, 6) is 1.58. The van der Waals surface area contributed by atoms with Gasteiger partial charge < -0.3 is 9.64 Å². The Hall–Kier alpha value is -1.58. The third-order valence-corrected chi connectivity index (χ3v) is 3.19. The SMILES string of the molecule is COc1cccc(CN(C)C(=O)C2CC2C)n1. The highest BCUT2D eigenvalue weighted by molar-refractivity contribution is 5.81. The molecular weight excluding hydrogens is 216 g/mol. The maximum Gasteiger partial charge on any atom is 0.226 e. The number of hydrogen-bond donors (Lipinski definition) is 0. The molecule has 0 spiro atoms. The summed E-state index contributed by atoms with van der Waals surface area (Å²) in [6.45, 7) is 2.65. The van der Waals surface area contributed by atoms with E-state index in [4.69, 9.17) is 4.74 Å². The van der Waals surface area contributed by atoms with E-state index >= 15 is 0 Å². The Morgan fingerprint density at radius 2 is 2.29 bits per heavy atom. The van der Waals surface area contributed by atoms with Gasteiger partial charge in [-0.25, -0.2) is 4.98 Å². The van der Waals surface area contributed by atoms with Crippen LogP contribution in [0.2, 0.25) is 0 Å². The molecule has 0 aliphatic heterocycles. The summed E-state index contributed by atoms with van der Waals surface area (Å²) in [4.78, 5) is 18.0. The van der Waals surface area contributed by atoms with Crippen molar-refractivity contribution < 1.29 is 9.53 Å². The number of carbonyl (C=O) groups is 1. The summed E-state index contributed by atoms with van der Waals surface area (Å²) in [5, 5.41) is 0. The molecule has 2 atom stereocenters. The minimum absolute atomic E-state index is 0.224. The number of carbonyl (C=O) groups excluding carboxylic acids is 1. The predicted octanol–water partition coefficient (Wildman–Crippen LogP) is 1.70. The van der Waals surface area contributed by atoms with Crippen LogP contribution in [0.25, 0.3) is 0 Å². The van der Waals surface area contributed by atoms with Crippen LogP contribution in [0.15, 0.2) is 18.2 Å². The number of amides is 1. The smallest absolute Gasteiger partial charge is 0.226 e. The number of ether oxygens (including phenoxy) is 1. The molecule has 1 aliphatic rings. The van der Waals surface area contributed by atoms with Crippen molar-refractivity contribution >= 4 is 5.91 Å². The second-order valence-electron chi connectivity index (χ2n) is 4.69. The second kappa shape index (κ2) is 4.73. The Bertz CT molecular complexity index is 420. The minimum atomic E-state index is 0.224. The fourth-order valence-corrected chi connectivity index (χ4v) is 1.93. The van der Waals surface area contributed by atoms with Crippen LogP contribution < -0.4 is 4.74 Å². The zero-order valence-corrected chi connectivity index (χ0v) is 10.5. The van der Waals surface area contributed by atoms with Crippen molar-refractivity contribution in [2.75, 3.05) is 14.2 Å². The molecule has 2 rings (SSSR count). The molecule has 4 heteroatoms. The van der Waals surface area contributed by atoms with Gasteiger partial charge in [-0.3, -0.25) is 4.79 Å². The van der Waals surface area contributed by atoms with Gasteiger partial charge in [0.1, 0.15) is 0 Å². The van der Waals surface area contributed by atoms with Crippen LogP contribution in [0, 0.1) is 11.8 Å². The van der Waals surface area contributed by atoms with E-state index in [0.29, 0.717) is 18.3 Å². The summed E-state index contributed by atoms with van der Waals surface area (Å²) >= 11 is 0. The van der Waals surface area contributed by atoms with E-state index < -0.39 is 0 Å². The van der Waals surface area contributed by atoms with E-state index in [1.807, 2.05) is 19.2 Å². The first-order chi connectivity index (χ1) is 8.11. The van der Waals surface area contributed by atoms with Gasteiger partial charge in [-0.15, -0.1) is 0 Å². The van der Waals surface area contributed by atoms with Gasteiger partial charge in [0.05, 0.1) is 19.3 Å². The van der Waals surface area contributed by atoms with Gasteiger partial charge in [-0.05, 0) is 18.4 Å². The number of methoxy groups -OCH3 is 1. The van der Waals surface area contributed by atoms with Crippen molar-refractivity contribution in [3.63, 3.8) is 0 Å². The molecule has 17 heavy (non-hydrogen) atoms. The molecule has 1 aromatic rings. The summed E-state index contributed by atoms with van der Waals surface area (Å²) in [5.41, 5.74) is 0.855. The monoisotopic (exact) mass is 234 g/mol. The Kier molecular flexibility index (Phi) is 3.31. The lowest BCUT2D eigenvalue weighted by molar-refractivity contribution is -0.132. The van der Waals surface area contributed by atoms with E-state index in [-0.39, 0.29) is 11.8 Å². The molecule has 1 aromatic heterocycles. The van der Waals surface area contributed by atoms with Crippen LogP contribution in [-0.4, -0.2) is 29.9 Å². The maximum absolute atomic E-state index is 11.9. The van der Waals surface area contributed by atoms with Crippen molar-refractivity contribution in [1.29, 1.82) is 0 Å². The van der Waals surface area contributed by atoms with Crippen LogP contribution in [0.1, 0.15) is 19.0 Å². The van der Waals surface area contributed by atoms with Gasteiger partial charge in [0.15, 0.2) is 0 Å². The molecule has 0 radical (unpaired) electrons. The Morgan fingerprint density at radius 3 is 2.88 bits per heavy atom. The molecule has 1 heterocycles. The molecule has 0 N–H and O–H groups in total. The zero-order chi connectivity index (χ0) is 12.4. The number of nitrogens with zero attached hydrogens (tertiary/aromatic N) is 2. The first-order valence-electron chi connectivity index (χ1n) is 5.86. The van der Waals surface area contributed by atoms with Crippen molar-refractivity contribution in [3.05, 3.63) is 23.9 Å². The third-order valence-electron chi connectivity index (χ3n) is 3.19. The Labute approximate surface area is 102 Å². The second-order valence-corrected chi connectivity index (χ2v) is 4.69. The molecule has 1 saturated carbocycles. The van der Waals surface area contributed by atoms with Crippen molar-refractivity contribution in [3.8, 4) is 5.88 Å². The summed E-state index contributed by atoms with van der Waals surface area (Å²) in [7, 11) is 3.42. The topological polar surface area (TPSA) is 42.4 Å². The Morgan fingerprint density at radius 1 is 1.59 bits per heavy atom. The lowest BCUT2D eigenvalue weighted by Crippen LogP contribution is -2.28. The molecule has 1 fully saturated rings. The lowest BCUT2D eigenvalue weighted by atomic mass is 10.2. The van der Waals surface area contributed by atoms with Crippen LogP contribution in [0.5, 0.6) is 5.88 Å². The standard InChI is InChI=1S/C13H18N2O2/c1-9-7-11(9)13(16)15(2)8-10-5-4-6-12(14-10)17-3/h4-6,9,11H,7-8H2,1-3H3. The predicted molar refractivity (Wildman–Crippen MR) is 64.5 cm³/mol. The van der Waals surface area contributed by atoms with Crippen molar-refractivity contribution in [2.45, 2.75) is 19.9 Å². The molecule has 92 valence electrons. The highest BCUT2D eigenvalue weighted by Crippen LogP contribution is 2.39. The van der Waals surface area contributed by atoms with Gasteiger partial charge in [0.25, 0.3) is 0 Å². The third kappa shape index (κ3) is 2.75. The average Bonchev–Trinajstić information content (AvgIpc) is 3.05. The molecule has 0 saturated heterocycles. The molecule has 0 bridgehead atoms. The Balaban J connectivity index is 1.97. The van der Waals surface area contributed by atoms with Crippen LogP contribution in [0.3, 0.4) is 0 Å². The molecule has 4 nitrogen and oxygen atoms in total. The van der Waals surface area contributed by atoms with Crippen LogP contribution in [0.4, 0.5) is 0 Å². The van der Waals surface area contributed by atoms with Crippen molar-refractivity contribution in [1.82, 2.24) is 9.88 Å². The molecule has 2 unspecified atom stereocenters. The maximum atomic E-state index is 11.9. The van der Waals surface area contributed by atoms with Gasteiger partial charge in [-0.1, -0.05) is 13.0 Å². The van der Waals surface area contributed by atoms with Crippen LogP contribution in [-0.2, 0) is 11.3 Å². The first-order valence-corrected chi connectivity index (χ1v) is 5.86. The molecule has 1 amide bonds. The highest BCUT2D eigenvalue weighted by Gasteiger charge is 2.40. The summed E-state index contributed by atoms with van der Waals surface area (Å²) in [6.07, 6.45) is 1.02. The number of hydrogen-bond acceptors (Lipinski definition) is 3. The summed E-state index contributed by atoms with van der Waals surface area (Å²) < 4.78 is 5.06. The van der Waals surface area contributed by atoms with E-state index in [1.54, 1.807) is 18.1 Å².